The Kier molecular flexibility index (Phi) is 3.72. The molecular weight excluding hydrogens is 226 g/mol. The number of hydrogen-bond acceptors (Lipinski definition) is 5. The molecular formula is C13H13N5. The first-order valence-corrected chi connectivity index (χ1v) is 5.59. The molecule has 18 heavy (non-hydrogen) atoms. The number of nitrogens with zero attached hydrogens (tertiary/aromatic N) is 4. The van der Waals surface area contributed by atoms with Crippen LogP contribution in [0.15, 0.2) is 42.6 Å². The van der Waals surface area contributed by atoms with Crippen molar-refractivity contribution in [1.82, 2.24) is 9.97 Å². The van der Waals surface area contributed by atoms with E-state index in [4.69, 9.17) is 11.0 Å². The predicted octanol–water partition coefficient (Wildman–Crippen LogP) is 2.11. The summed E-state index contributed by atoms with van der Waals surface area (Å²) in [6.45, 7) is 0.532. The molecule has 1 aromatic heterocycles. The zero-order valence-corrected chi connectivity index (χ0v) is 9.82. The number of rotatable bonds is 4. The van der Waals surface area contributed by atoms with Crippen molar-refractivity contribution in [2.45, 2.75) is 6.42 Å². The van der Waals surface area contributed by atoms with Crippen LogP contribution < -0.4 is 10.6 Å². The molecule has 0 atom stereocenters. The fraction of sp³-hybridized carbons (Fsp3) is 0.154. The highest BCUT2D eigenvalue weighted by atomic mass is 15.3. The van der Waals surface area contributed by atoms with Crippen LogP contribution in [0.1, 0.15) is 6.42 Å². The van der Waals surface area contributed by atoms with Crippen LogP contribution in [0.5, 0.6) is 0 Å². The quantitative estimate of drug-likeness (QED) is 0.883. The molecule has 0 spiro atoms. The fourth-order valence-corrected chi connectivity index (χ4v) is 1.61. The van der Waals surface area contributed by atoms with Crippen molar-refractivity contribution in [3.05, 3.63) is 42.6 Å². The van der Waals surface area contributed by atoms with Gasteiger partial charge in [0.2, 0.25) is 5.95 Å². The van der Waals surface area contributed by atoms with Crippen LogP contribution in [0.25, 0.3) is 0 Å². The average molecular weight is 239 g/mol. The van der Waals surface area contributed by atoms with E-state index in [2.05, 4.69) is 16.0 Å². The Labute approximate surface area is 106 Å². The van der Waals surface area contributed by atoms with Crippen LogP contribution in [0.3, 0.4) is 0 Å². The lowest BCUT2D eigenvalue weighted by molar-refractivity contribution is 0.900. The van der Waals surface area contributed by atoms with E-state index in [0.717, 1.165) is 5.69 Å². The van der Waals surface area contributed by atoms with Crippen LogP contribution in [-0.2, 0) is 0 Å². The number of anilines is 3. The third-order valence-corrected chi connectivity index (χ3v) is 2.42. The second-order valence-corrected chi connectivity index (χ2v) is 3.68. The van der Waals surface area contributed by atoms with Gasteiger partial charge in [0.05, 0.1) is 12.5 Å². The summed E-state index contributed by atoms with van der Waals surface area (Å²) in [7, 11) is 0. The minimum Gasteiger partial charge on any atom is -0.384 e. The van der Waals surface area contributed by atoms with E-state index in [-0.39, 0.29) is 0 Å². The normalized spacial score (nSPS) is 9.72. The van der Waals surface area contributed by atoms with E-state index >= 15 is 0 Å². The van der Waals surface area contributed by atoms with Crippen LogP contribution in [0, 0.1) is 11.3 Å². The molecule has 0 aliphatic carbocycles. The molecule has 2 rings (SSSR count). The molecule has 0 saturated heterocycles. The number of aromatic nitrogens is 2. The molecule has 0 bridgehead atoms. The maximum absolute atomic E-state index is 8.72. The van der Waals surface area contributed by atoms with Gasteiger partial charge in [0.15, 0.2) is 0 Å². The van der Waals surface area contributed by atoms with E-state index in [9.17, 15) is 0 Å². The van der Waals surface area contributed by atoms with Crippen LogP contribution in [-0.4, -0.2) is 16.5 Å². The first-order chi connectivity index (χ1) is 8.81. The molecule has 0 radical (unpaired) electrons. The van der Waals surface area contributed by atoms with Gasteiger partial charge in [-0.3, -0.25) is 0 Å². The second-order valence-electron chi connectivity index (χ2n) is 3.68. The monoisotopic (exact) mass is 239 g/mol. The average Bonchev–Trinajstić information content (AvgIpc) is 2.40. The summed E-state index contributed by atoms with van der Waals surface area (Å²) in [5.41, 5.74) is 6.60. The largest absolute Gasteiger partial charge is 0.384 e. The number of nitrogen functional groups attached to an aromatic ring is 1. The van der Waals surface area contributed by atoms with Gasteiger partial charge in [0.1, 0.15) is 5.82 Å². The van der Waals surface area contributed by atoms with Crippen LogP contribution >= 0.6 is 0 Å². The van der Waals surface area contributed by atoms with Gasteiger partial charge in [0, 0.05) is 18.4 Å². The van der Waals surface area contributed by atoms with Gasteiger partial charge in [-0.15, -0.1) is 0 Å². The number of nitriles is 1. The minimum absolute atomic E-state index is 0.396. The maximum Gasteiger partial charge on any atom is 0.231 e. The van der Waals surface area contributed by atoms with Gasteiger partial charge in [0.25, 0.3) is 0 Å². The highest BCUT2D eigenvalue weighted by molar-refractivity contribution is 5.57. The van der Waals surface area contributed by atoms with Crippen molar-refractivity contribution in [2.75, 3.05) is 17.2 Å². The summed E-state index contributed by atoms with van der Waals surface area (Å²) in [5.74, 6) is 0.925. The molecule has 0 aliphatic rings. The maximum atomic E-state index is 8.72. The summed E-state index contributed by atoms with van der Waals surface area (Å²) >= 11 is 0. The molecule has 5 nitrogen and oxygen atoms in total. The van der Waals surface area contributed by atoms with Crippen molar-refractivity contribution >= 4 is 17.5 Å². The van der Waals surface area contributed by atoms with Gasteiger partial charge in [-0.05, 0) is 18.2 Å². The van der Waals surface area contributed by atoms with Crippen molar-refractivity contribution < 1.29 is 0 Å². The second kappa shape index (κ2) is 5.64. The third kappa shape index (κ3) is 2.74. The summed E-state index contributed by atoms with van der Waals surface area (Å²) in [5, 5.41) is 8.72. The first-order valence-electron chi connectivity index (χ1n) is 5.59. The van der Waals surface area contributed by atoms with E-state index < -0.39 is 0 Å². The smallest absolute Gasteiger partial charge is 0.231 e. The molecule has 2 aromatic rings. The first kappa shape index (κ1) is 11.9. The highest BCUT2D eigenvalue weighted by Crippen LogP contribution is 2.21. The SMILES string of the molecule is N#CCCN(c1ccccc1)c1nccc(N)n1. The lowest BCUT2D eigenvalue weighted by Gasteiger charge is -2.21. The minimum atomic E-state index is 0.396. The molecule has 1 aromatic carbocycles. The molecule has 2 N–H and O–H groups in total. The molecule has 0 amide bonds. The molecule has 0 saturated carbocycles. The van der Waals surface area contributed by atoms with Gasteiger partial charge in [-0.2, -0.15) is 10.2 Å². The standard InChI is InChI=1S/C13H13N5/c14-8-4-10-18(11-5-2-1-3-6-11)13-16-9-7-12(15)17-13/h1-3,5-7,9H,4,10H2,(H2,15,16,17). The van der Waals surface area contributed by atoms with E-state index in [0.29, 0.717) is 24.7 Å². The van der Waals surface area contributed by atoms with E-state index in [1.54, 1.807) is 12.3 Å². The van der Waals surface area contributed by atoms with Gasteiger partial charge in [-0.25, -0.2) is 4.98 Å². The molecule has 5 heteroatoms. The van der Waals surface area contributed by atoms with Crippen molar-refractivity contribution in [3.63, 3.8) is 0 Å². The summed E-state index contributed by atoms with van der Waals surface area (Å²) in [4.78, 5) is 10.3. The van der Waals surface area contributed by atoms with Gasteiger partial charge in [-0.1, -0.05) is 18.2 Å². The molecule has 90 valence electrons. The summed E-state index contributed by atoms with van der Waals surface area (Å²) < 4.78 is 0. The predicted molar refractivity (Wildman–Crippen MR) is 70.1 cm³/mol. The number of benzene rings is 1. The summed E-state index contributed by atoms with van der Waals surface area (Å²) in [6.07, 6.45) is 2.01. The van der Waals surface area contributed by atoms with Gasteiger partial charge >= 0.3 is 0 Å². The topological polar surface area (TPSA) is 78.8 Å². The Hall–Kier alpha value is -2.61. The molecule has 0 unspecified atom stereocenters. The van der Waals surface area contributed by atoms with Gasteiger partial charge < -0.3 is 10.6 Å². The third-order valence-electron chi connectivity index (χ3n) is 2.42. The zero-order valence-electron chi connectivity index (χ0n) is 9.82. The number of para-hydroxylation sites is 1. The van der Waals surface area contributed by atoms with E-state index in [1.165, 1.54) is 0 Å². The summed E-state index contributed by atoms with van der Waals surface area (Å²) in [6, 6.07) is 13.5. The lowest BCUT2D eigenvalue weighted by atomic mass is 10.3. The zero-order chi connectivity index (χ0) is 12.8. The molecule has 0 fully saturated rings. The number of nitrogens with two attached hydrogens (primary N) is 1. The van der Waals surface area contributed by atoms with Crippen LogP contribution in [0.4, 0.5) is 17.5 Å². The Bertz CT molecular complexity index is 547. The highest BCUT2D eigenvalue weighted by Gasteiger charge is 2.11. The van der Waals surface area contributed by atoms with Crippen molar-refractivity contribution in [1.29, 1.82) is 5.26 Å². The Morgan fingerprint density at radius 2 is 2.00 bits per heavy atom. The fourth-order valence-electron chi connectivity index (χ4n) is 1.61. The van der Waals surface area contributed by atoms with Crippen molar-refractivity contribution in [2.24, 2.45) is 0 Å². The van der Waals surface area contributed by atoms with Crippen LogP contribution in [0.2, 0.25) is 0 Å². The van der Waals surface area contributed by atoms with E-state index in [1.807, 2.05) is 35.2 Å². The molecule has 0 aliphatic heterocycles. The number of hydrogen-bond donors (Lipinski definition) is 1. The Balaban J connectivity index is 2.34. The Morgan fingerprint density at radius 3 is 2.67 bits per heavy atom. The molecule has 1 heterocycles. The van der Waals surface area contributed by atoms with Crippen molar-refractivity contribution in [3.8, 4) is 6.07 Å². The lowest BCUT2D eigenvalue weighted by Crippen LogP contribution is -2.20. The Morgan fingerprint density at radius 1 is 1.22 bits per heavy atom.